The Morgan fingerprint density at radius 2 is 1.90 bits per heavy atom. The molecule has 4 rings (SSSR count). The predicted molar refractivity (Wildman–Crippen MR) is 118 cm³/mol. The van der Waals surface area contributed by atoms with Crippen LogP contribution in [0.5, 0.6) is 11.5 Å². The van der Waals surface area contributed by atoms with Gasteiger partial charge in [0.25, 0.3) is 0 Å². The molecule has 6 nitrogen and oxygen atoms in total. The number of piperidine rings is 1. The van der Waals surface area contributed by atoms with Gasteiger partial charge in [-0.3, -0.25) is 9.59 Å². The summed E-state index contributed by atoms with van der Waals surface area (Å²) >= 11 is 0. The van der Waals surface area contributed by atoms with Crippen LogP contribution in [0.1, 0.15) is 53.9 Å². The Morgan fingerprint density at radius 3 is 2.58 bits per heavy atom. The van der Waals surface area contributed by atoms with Crippen molar-refractivity contribution >= 4 is 17.9 Å². The van der Waals surface area contributed by atoms with Gasteiger partial charge in [0.2, 0.25) is 0 Å². The lowest BCUT2D eigenvalue weighted by molar-refractivity contribution is -0.137. The molecule has 2 aliphatic rings. The Morgan fingerprint density at radius 1 is 1.13 bits per heavy atom. The number of aldehydes is 1. The van der Waals surface area contributed by atoms with Crippen LogP contribution in [0.25, 0.3) is 0 Å². The fraction of sp³-hybridized carbons (Fsp3) is 0.440. The summed E-state index contributed by atoms with van der Waals surface area (Å²) in [6, 6.07) is 12.7. The summed E-state index contributed by atoms with van der Waals surface area (Å²) in [5, 5.41) is 19.0. The number of carboxylic acids is 1. The van der Waals surface area contributed by atoms with Gasteiger partial charge in [-0.25, -0.2) is 0 Å². The molecule has 1 unspecified atom stereocenters. The summed E-state index contributed by atoms with van der Waals surface area (Å²) in [6.07, 6.45) is 5.09. The molecule has 6 heteroatoms. The van der Waals surface area contributed by atoms with Gasteiger partial charge in [0.15, 0.2) is 6.29 Å². The number of carbonyl (C=O) groups is 2. The van der Waals surface area contributed by atoms with Crippen molar-refractivity contribution in [3.8, 4) is 11.5 Å². The van der Waals surface area contributed by atoms with Gasteiger partial charge >= 0.3 is 5.97 Å². The van der Waals surface area contributed by atoms with E-state index in [2.05, 4.69) is 4.90 Å². The summed E-state index contributed by atoms with van der Waals surface area (Å²) in [5.41, 5.74) is 2.44. The molecule has 164 valence electrons. The van der Waals surface area contributed by atoms with Crippen molar-refractivity contribution in [2.24, 2.45) is 11.8 Å². The number of carbonyl (C=O) groups excluding carboxylic acids is 1. The van der Waals surface area contributed by atoms with Crippen LogP contribution in [-0.4, -0.2) is 42.2 Å². The lowest BCUT2D eigenvalue weighted by atomic mass is 9.91. The van der Waals surface area contributed by atoms with Crippen LogP contribution < -0.4 is 9.64 Å². The van der Waals surface area contributed by atoms with E-state index in [-0.39, 0.29) is 18.1 Å². The monoisotopic (exact) mass is 423 g/mol. The van der Waals surface area contributed by atoms with E-state index in [1.807, 2.05) is 24.3 Å². The standard InChI is InChI=1S/C25H29NO5/c27-15-20-6-7-21(28)13-24(20)26-10-8-17(9-11-26)16-31-22-3-1-2-19(12-22)23(14-25(29)30)18-4-5-18/h1-3,6-7,12-13,15,17-18,23,28H,4-5,8-11,14,16H2,(H,29,30). The molecule has 31 heavy (non-hydrogen) atoms. The van der Waals surface area contributed by atoms with Gasteiger partial charge in [-0.05, 0) is 73.3 Å². The minimum atomic E-state index is -0.751. The summed E-state index contributed by atoms with van der Waals surface area (Å²) in [7, 11) is 0. The lowest BCUT2D eigenvalue weighted by Crippen LogP contribution is -2.36. The molecule has 1 aliphatic carbocycles. The van der Waals surface area contributed by atoms with E-state index in [9.17, 15) is 19.8 Å². The summed E-state index contributed by atoms with van der Waals surface area (Å²) < 4.78 is 6.08. The fourth-order valence-corrected chi connectivity index (χ4v) is 4.54. The van der Waals surface area contributed by atoms with E-state index in [4.69, 9.17) is 4.74 Å². The van der Waals surface area contributed by atoms with Crippen molar-refractivity contribution in [1.82, 2.24) is 0 Å². The average Bonchev–Trinajstić information content (AvgIpc) is 3.62. The zero-order valence-electron chi connectivity index (χ0n) is 17.6. The lowest BCUT2D eigenvalue weighted by Gasteiger charge is -2.34. The Balaban J connectivity index is 1.32. The Kier molecular flexibility index (Phi) is 6.44. The molecule has 1 saturated carbocycles. The predicted octanol–water partition coefficient (Wildman–Crippen LogP) is 4.47. The van der Waals surface area contributed by atoms with Crippen molar-refractivity contribution in [1.29, 1.82) is 0 Å². The SMILES string of the molecule is O=Cc1ccc(O)cc1N1CCC(COc2cccc(C(CC(=O)O)C3CC3)c2)CC1. The molecule has 0 radical (unpaired) electrons. The number of benzene rings is 2. The second kappa shape index (κ2) is 9.41. The van der Waals surface area contributed by atoms with Gasteiger partial charge in [-0.2, -0.15) is 0 Å². The van der Waals surface area contributed by atoms with Gasteiger partial charge in [-0.1, -0.05) is 12.1 Å². The molecule has 2 aromatic carbocycles. The molecular weight excluding hydrogens is 394 g/mol. The molecule has 1 aliphatic heterocycles. The average molecular weight is 424 g/mol. The van der Waals surface area contributed by atoms with Crippen molar-refractivity contribution in [2.75, 3.05) is 24.6 Å². The second-order valence-corrected chi connectivity index (χ2v) is 8.72. The number of rotatable bonds is 9. The highest BCUT2D eigenvalue weighted by atomic mass is 16.5. The minimum absolute atomic E-state index is 0.0681. The Hall–Kier alpha value is -3.02. The number of aromatic hydroxyl groups is 1. The highest BCUT2D eigenvalue weighted by Gasteiger charge is 2.34. The molecule has 1 saturated heterocycles. The van der Waals surface area contributed by atoms with Gasteiger partial charge in [0.05, 0.1) is 18.7 Å². The molecule has 2 fully saturated rings. The minimum Gasteiger partial charge on any atom is -0.508 e. The molecule has 2 aromatic rings. The number of ether oxygens (including phenoxy) is 1. The maximum Gasteiger partial charge on any atom is 0.303 e. The number of phenols is 1. The molecule has 0 amide bonds. The molecule has 1 heterocycles. The van der Waals surface area contributed by atoms with Gasteiger partial charge in [-0.15, -0.1) is 0 Å². The number of hydrogen-bond acceptors (Lipinski definition) is 5. The van der Waals surface area contributed by atoms with E-state index >= 15 is 0 Å². The summed E-state index contributed by atoms with van der Waals surface area (Å²) in [6.45, 7) is 2.23. The first-order chi connectivity index (χ1) is 15.0. The van der Waals surface area contributed by atoms with Crippen molar-refractivity contribution in [3.63, 3.8) is 0 Å². The van der Waals surface area contributed by atoms with Crippen LogP contribution in [0.4, 0.5) is 5.69 Å². The van der Waals surface area contributed by atoms with Crippen LogP contribution in [-0.2, 0) is 4.79 Å². The number of anilines is 1. The molecule has 0 bridgehead atoms. The van der Waals surface area contributed by atoms with Crippen molar-refractivity contribution in [3.05, 3.63) is 53.6 Å². The topological polar surface area (TPSA) is 87.1 Å². The fourth-order valence-electron chi connectivity index (χ4n) is 4.54. The van der Waals surface area contributed by atoms with E-state index in [1.54, 1.807) is 12.1 Å². The van der Waals surface area contributed by atoms with Crippen LogP contribution in [0.2, 0.25) is 0 Å². The Bertz CT molecular complexity index is 931. The summed E-state index contributed by atoms with van der Waals surface area (Å²) in [5.74, 6) is 1.17. The first kappa shape index (κ1) is 21.2. The third kappa shape index (κ3) is 5.37. The zero-order chi connectivity index (χ0) is 21.8. The normalized spacial score (nSPS) is 17.9. The van der Waals surface area contributed by atoms with Crippen molar-refractivity contribution in [2.45, 2.75) is 38.0 Å². The van der Waals surface area contributed by atoms with Crippen LogP contribution in [0.3, 0.4) is 0 Å². The third-order valence-corrected chi connectivity index (χ3v) is 6.45. The van der Waals surface area contributed by atoms with Crippen LogP contribution in [0, 0.1) is 11.8 Å². The number of aliphatic carboxylic acids is 1. The molecule has 2 N–H and O–H groups in total. The molecule has 0 spiro atoms. The second-order valence-electron chi connectivity index (χ2n) is 8.72. The molecular formula is C25H29NO5. The van der Waals surface area contributed by atoms with Crippen LogP contribution >= 0.6 is 0 Å². The maximum atomic E-state index is 11.3. The largest absolute Gasteiger partial charge is 0.508 e. The first-order valence-corrected chi connectivity index (χ1v) is 11.0. The van der Waals surface area contributed by atoms with E-state index < -0.39 is 5.97 Å². The third-order valence-electron chi connectivity index (χ3n) is 6.45. The number of phenolic OH excluding ortho intramolecular Hbond substituents is 1. The highest BCUT2D eigenvalue weighted by molar-refractivity contribution is 5.85. The van der Waals surface area contributed by atoms with Gasteiger partial charge < -0.3 is 19.8 Å². The number of carboxylic acid groups (broad SMARTS) is 1. The number of nitrogens with zero attached hydrogens (tertiary/aromatic N) is 1. The summed E-state index contributed by atoms with van der Waals surface area (Å²) in [4.78, 5) is 24.7. The zero-order valence-corrected chi connectivity index (χ0v) is 17.6. The Labute approximate surface area is 182 Å². The number of hydrogen-bond donors (Lipinski definition) is 2. The van der Waals surface area contributed by atoms with Gasteiger partial charge in [0, 0.05) is 24.7 Å². The highest BCUT2D eigenvalue weighted by Crippen LogP contribution is 2.45. The maximum absolute atomic E-state index is 11.3. The van der Waals surface area contributed by atoms with E-state index in [1.165, 1.54) is 6.07 Å². The molecule has 0 aromatic heterocycles. The quantitative estimate of drug-likeness (QED) is 0.579. The van der Waals surface area contributed by atoms with Gasteiger partial charge in [0.1, 0.15) is 11.5 Å². The van der Waals surface area contributed by atoms with Crippen molar-refractivity contribution < 1.29 is 24.5 Å². The smallest absolute Gasteiger partial charge is 0.303 e. The van der Waals surface area contributed by atoms with E-state index in [0.29, 0.717) is 24.0 Å². The van der Waals surface area contributed by atoms with E-state index in [0.717, 1.165) is 62.1 Å². The van der Waals surface area contributed by atoms with Crippen LogP contribution in [0.15, 0.2) is 42.5 Å². The first-order valence-electron chi connectivity index (χ1n) is 11.0. The molecule has 1 atom stereocenters.